The second-order valence-corrected chi connectivity index (χ2v) is 5.51. The summed E-state index contributed by atoms with van der Waals surface area (Å²) in [6, 6.07) is 0. The van der Waals surface area contributed by atoms with Gasteiger partial charge in [-0.15, -0.1) is 0 Å². The van der Waals surface area contributed by atoms with Crippen molar-refractivity contribution >= 4 is 5.97 Å². The molecule has 1 aromatic rings. The fourth-order valence-electron chi connectivity index (χ4n) is 3.08. The summed E-state index contributed by atoms with van der Waals surface area (Å²) in [5, 5.41) is 13.4. The van der Waals surface area contributed by atoms with Crippen LogP contribution < -0.4 is 0 Å². The van der Waals surface area contributed by atoms with E-state index in [9.17, 15) is 4.79 Å². The van der Waals surface area contributed by atoms with Gasteiger partial charge in [0, 0.05) is 13.5 Å². The summed E-state index contributed by atoms with van der Waals surface area (Å²) < 4.78 is 1.79. The van der Waals surface area contributed by atoms with Crippen LogP contribution in [0.5, 0.6) is 0 Å². The van der Waals surface area contributed by atoms with E-state index < -0.39 is 5.97 Å². The van der Waals surface area contributed by atoms with Crippen molar-refractivity contribution in [3.05, 3.63) is 11.6 Å². The molecular formula is C13H21N3O2. The lowest BCUT2D eigenvalue weighted by molar-refractivity contribution is -0.140. The third kappa shape index (κ3) is 2.89. The van der Waals surface area contributed by atoms with Gasteiger partial charge in [-0.2, -0.15) is 5.10 Å². The van der Waals surface area contributed by atoms with Crippen LogP contribution in [0.15, 0.2) is 0 Å². The lowest BCUT2D eigenvalue weighted by Crippen LogP contribution is -2.30. The molecular weight excluding hydrogens is 230 g/mol. The van der Waals surface area contributed by atoms with E-state index in [-0.39, 0.29) is 11.8 Å². The molecule has 0 aliphatic heterocycles. The molecule has 0 spiro atoms. The van der Waals surface area contributed by atoms with Gasteiger partial charge in [0.25, 0.3) is 0 Å². The maximum Gasteiger partial charge on any atom is 0.303 e. The zero-order chi connectivity index (χ0) is 13.2. The second kappa shape index (κ2) is 5.08. The van der Waals surface area contributed by atoms with E-state index in [1.54, 1.807) is 4.68 Å². The summed E-state index contributed by atoms with van der Waals surface area (Å²) in [6.07, 6.45) is 6.44. The van der Waals surface area contributed by atoms with Crippen molar-refractivity contribution in [1.82, 2.24) is 14.8 Å². The summed E-state index contributed by atoms with van der Waals surface area (Å²) in [5.74, 6) is 0.972. The van der Waals surface area contributed by atoms with Gasteiger partial charge in [0.2, 0.25) is 0 Å². The predicted molar refractivity (Wildman–Crippen MR) is 67.2 cm³/mol. The highest BCUT2D eigenvalue weighted by atomic mass is 16.4. The highest BCUT2D eigenvalue weighted by Crippen LogP contribution is 2.41. The number of nitrogens with zero attached hydrogens (tertiary/aromatic N) is 3. The van der Waals surface area contributed by atoms with Crippen molar-refractivity contribution in [2.24, 2.45) is 12.5 Å². The SMILES string of the molecule is Cc1nc(CC2(CC(=O)O)CCCCC2)n(C)n1. The molecule has 0 amide bonds. The molecule has 1 aliphatic carbocycles. The van der Waals surface area contributed by atoms with Gasteiger partial charge in [0.05, 0.1) is 6.42 Å². The Morgan fingerprint density at radius 1 is 1.39 bits per heavy atom. The molecule has 1 aliphatic rings. The summed E-state index contributed by atoms with van der Waals surface area (Å²) >= 11 is 0. The van der Waals surface area contributed by atoms with Crippen LogP contribution in [-0.4, -0.2) is 25.8 Å². The van der Waals surface area contributed by atoms with Crippen LogP contribution >= 0.6 is 0 Å². The Hall–Kier alpha value is -1.39. The minimum atomic E-state index is -0.698. The zero-order valence-corrected chi connectivity index (χ0v) is 11.1. The highest BCUT2D eigenvalue weighted by Gasteiger charge is 2.35. The first-order chi connectivity index (χ1) is 8.51. The van der Waals surface area contributed by atoms with Gasteiger partial charge in [-0.25, -0.2) is 4.98 Å². The van der Waals surface area contributed by atoms with E-state index in [1.165, 1.54) is 6.42 Å². The van der Waals surface area contributed by atoms with Gasteiger partial charge in [-0.3, -0.25) is 9.48 Å². The maximum atomic E-state index is 11.1. The number of hydrogen-bond donors (Lipinski definition) is 1. The number of aryl methyl sites for hydroxylation is 2. The van der Waals surface area contributed by atoms with Gasteiger partial charge >= 0.3 is 5.97 Å². The largest absolute Gasteiger partial charge is 0.481 e. The first kappa shape index (κ1) is 13.1. The van der Waals surface area contributed by atoms with Gasteiger partial charge in [0.15, 0.2) is 0 Å². The van der Waals surface area contributed by atoms with E-state index in [0.29, 0.717) is 0 Å². The number of aliphatic carboxylic acids is 1. The van der Waals surface area contributed by atoms with Crippen molar-refractivity contribution in [2.45, 2.75) is 51.9 Å². The molecule has 0 saturated heterocycles. The normalized spacial score (nSPS) is 18.8. The zero-order valence-electron chi connectivity index (χ0n) is 11.1. The predicted octanol–water partition coefficient (Wildman–Crippen LogP) is 2.09. The van der Waals surface area contributed by atoms with Gasteiger partial charge in [-0.1, -0.05) is 19.3 Å². The Morgan fingerprint density at radius 3 is 2.56 bits per heavy atom. The average Bonchev–Trinajstić information content (AvgIpc) is 2.57. The molecule has 1 fully saturated rings. The van der Waals surface area contributed by atoms with E-state index in [4.69, 9.17) is 5.11 Å². The van der Waals surface area contributed by atoms with E-state index in [0.717, 1.165) is 43.8 Å². The average molecular weight is 251 g/mol. The number of carboxylic acid groups (broad SMARTS) is 1. The highest BCUT2D eigenvalue weighted by molar-refractivity contribution is 5.67. The minimum absolute atomic E-state index is 0.114. The fourth-order valence-corrected chi connectivity index (χ4v) is 3.08. The van der Waals surface area contributed by atoms with Crippen molar-refractivity contribution < 1.29 is 9.90 Å². The van der Waals surface area contributed by atoms with Crippen molar-refractivity contribution in [3.8, 4) is 0 Å². The smallest absolute Gasteiger partial charge is 0.303 e. The number of hydrogen-bond acceptors (Lipinski definition) is 3. The number of aromatic nitrogens is 3. The number of rotatable bonds is 4. The van der Waals surface area contributed by atoms with Crippen LogP contribution in [0.4, 0.5) is 0 Å². The summed E-state index contributed by atoms with van der Waals surface area (Å²) in [5.41, 5.74) is -0.114. The minimum Gasteiger partial charge on any atom is -0.481 e. The van der Waals surface area contributed by atoms with Gasteiger partial charge in [-0.05, 0) is 25.2 Å². The Labute approximate surface area is 107 Å². The fraction of sp³-hybridized carbons (Fsp3) is 0.769. The molecule has 0 bridgehead atoms. The molecule has 1 aromatic heterocycles. The molecule has 18 heavy (non-hydrogen) atoms. The summed E-state index contributed by atoms with van der Waals surface area (Å²) in [4.78, 5) is 15.5. The summed E-state index contributed by atoms with van der Waals surface area (Å²) in [7, 11) is 1.88. The molecule has 1 heterocycles. The van der Waals surface area contributed by atoms with Crippen molar-refractivity contribution in [3.63, 3.8) is 0 Å². The van der Waals surface area contributed by atoms with Crippen LogP contribution in [0.25, 0.3) is 0 Å². The quantitative estimate of drug-likeness (QED) is 0.889. The first-order valence-electron chi connectivity index (χ1n) is 6.59. The van der Waals surface area contributed by atoms with E-state index in [2.05, 4.69) is 10.1 Å². The Kier molecular flexibility index (Phi) is 3.68. The third-order valence-electron chi connectivity index (χ3n) is 3.93. The Bertz CT molecular complexity index is 433. The number of carbonyl (C=O) groups is 1. The first-order valence-corrected chi connectivity index (χ1v) is 6.59. The van der Waals surface area contributed by atoms with E-state index in [1.807, 2.05) is 14.0 Å². The van der Waals surface area contributed by atoms with Gasteiger partial charge < -0.3 is 5.11 Å². The molecule has 5 heteroatoms. The maximum absolute atomic E-state index is 11.1. The van der Waals surface area contributed by atoms with Crippen molar-refractivity contribution in [2.75, 3.05) is 0 Å². The molecule has 0 radical (unpaired) electrons. The standard InChI is InChI=1S/C13H21N3O2/c1-10-14-11(16(2)15-10)8-13(9-12(17)18)6-4-3-5-7-13/h3-9H2,1-2H3,(H,17,18). The molecule has 1 saturated carbocycles. The molecule has 0 atom stereocenters. The van der Waals surface area contributed by atoms with Crippen LogP contribution in [0, 0.1) is 12.3 Å². The van der Waals surface area contributed by atoms with Crippen LogP contribution in [0.3, 0.4) is 0 Å². The van der Waals surface area contributed by atoms with Crippen LogP contribution in [0.1, 0.15) is 50.2 Å². The van der Waals surface area contributed by atoms with Gasteiger partial charge in [0.1, 0.15) is 11.6 Å². The van der Waals surface area contributed by atoms with E-state index >= 15 is 0 Å². The topological polar surface area (TPSA) is 68.0 Å². The molecule has 100 valence electrons. The lowest BCUT2D eigenvalue weighted by atomic mass is 9.69. The molecule has 5 nitrogen and oxygen atoms in total. The van der Waals surface area contributed by atoms with Crippen LogP contribution in [0.2, 0.25) is 0 Å². The summed E-state index contributed by atoms with van der Waals surface area (Å²) in [6.45, 7) is 1.87. The van der Waals surface area contributed by atoms with Crippen LogP contribution in [-0.2, 0) is 18.3 Å². The monoisotopic (exact) mass is 251 g/mol. The number of carboxylic acids is 1. The molecule has 2 rings (SSSR count). The lowest BCUT2D eigenvalue weighted by Gasteiger charge is -2.35. The third-order valence-corrected chi connectivity index (χ3v) is 3.93. The molecule has 1 N–H and O–H groups in total. The Balaban J connectivity index is 2.19. The Morgan fingerprint density at radius 2 is 2.06 bits per heavy atom. The molecule has 0 unspecified atom stereocenters. The molecule has 0 aromatic carbocycles. The van der Waals surface area contributed by atoms with Crippen molar-refractivity contribution in [1.29, 1.82) is 0 Å². The second-order valence-electron chi connectivity index (χ2n) is 5.51.